The van der Waals surface area contributed by atoms with E-state index in [9.17, 15) is 14.4 Å². The van der Waals surface area contributed by atoms with Gasteiger partial charge < -0.3 is 14.3 Å². The van der Waals surface area contributed by atoms with Gasteiger partial charge in [0.2, 0.25) is 0 Å². The van der Waals surface area contributed by atoms with Gasteiger partial charge in [-0.25, -0.2) is 4.79 Å². The highest BCUT2D eigenvalue weighted by Crippen LogP contribution is 2.32. The van der Waals surface area contributed by atoms with E-state index in [0.29, 0.717) is 47.0 Å². The Morgan fingerprint density at radius 1 is 0.870 bits per heavy atom. The maximum absolute atomic E-state index is 14.1. The Bertz CT molecular complexity index is 1880. The highest BCUT2D eigenvalue weighted by atomic mass is 35.5. The first-order valence-corrected chi connectivity index (χ1v) is 16.9. The first-order chi connectivity index (χ1) is 22.2. The molecule has 0 fully saturated rings. The minimum atomic E-state index is -0.769. The second-order valence-corrected chi connectivity index (χ2v) is 12.6. The van der Waals surface area contributed by atoms with E-state index in [1.807, 2.05) is 106 Å². The van der Waals surface area contributed by atoms with E-state index in [-0.39, 0.29) is 11.6 Å². The monoisotopic (exact) mass is 655 g/mol. The van der Waals surface area contributed by atoms with E-state index < -0.39 is 12.1 Å². The van der Waals surface area contributed by atoms with Crippen molar-refractivity contribution in [2.75, 3.05) is 18.8 Å². The van der Waals surface area contributed by atoms with Gasteiger partial charge >= 0.3 is 6.09 Å². The van der Waals surface area contributed by atoms with Gasteiger partial charge in [0.1, 0.15) is 6.04 Å². The molecule has 1 unspecified atom stereocenters. The number of carbonyl (C=O) groups excluding carboxylic acids is 3. The van der Waals surface area contributed by atoms with Gasteiger partial charge in [-0.05, 0) is 100 Å². The topological polar surface area (TPSA) is 80.6 Å². The minimum Gasteiger partial charge on any atom is -0.353 e. The fraction of sp³-hybridized carbons (Fsp3) is 0.270. The Morgan fingerprint density at radius 2 is 1.50 bits per heavy atom. The van der Waals surface area contributed by atoms with E-state index in [0.717, 1.165) is 38.8 Å². The van der Waals surface area contributed by atoms with Crippen LogP contribution >= 0.6 is 23.4 Å². The van der Waals surface area contributed by atoms with Crippen LogP contribution in [-0.2, 0) is 11.4 Å². The number of hydrogen-bond acceptors (Lipinski definition) is 6. The average molecular weight is 656 g/mol. The van der Waals surface area contributed by atoms with Crippen LogP contribution in [0.3, 0.4) is 0 Å². The number of hydrogen-bond donors (Lipinski definition) is 1. The lowest BCUT2D eigenvalue weighted by atomic mass is 9.97. The third-order valence-electron chi connectivity index (χ3n) is 8.23. The van der Waals surface area contributed by atoms with Crippen LogP contribution in [0.5, 0.6) is 0 Å². The fourth-order valence-electron chi connectivity index (χ4n) is 5.66. The van der Waals surface area contributed by atoms with Crippen LogP contribution in [0.4, 0.5) is 4.79 Å². The summed E-state index contributed by atoms with van der Waals surface area (Å²) in [7, 11) is 0. The predicted molar refractivity (Wildman–Crippen MR) is 187 cm³/mol. The summed E-state index contributed by atoms with van der Waals surface area (Å²) in [5.41, 5.74) is 7.43. The van der Waals surface area contributed by atoms with Crippen molar-refractivity contribution in [3.63, 3.8) is 0 Å². The molecule has 0 aliphatic heterocycles. The largest absolute Gasteiger partial charge is 0.428 e. The van der Waals surface area contributed by atoms with Crippen molar-refractivity contribution < 1.29 is 19.2 Å². The van der Waals surface area contributed by atoms with Gasteiger partial charge in [0, 0.05) is 73.8 Å². The van der Waals surface area contributed by atoms with Crippen molar-refractivity contribution >= 4 is 62.8 Å². The highest BCUT2D eigenvalue weighted by molar-refractivity contribution is 7.99. The van der Waals surface area contributed by atoms with Gasteiger partial charge in [0.15, 0.2) is 11.6 Å². The first-order valence-electron chi connectivity index (χ1n) is 15.6. The van der Waals surface area contributed by atoms with E-state index in [1.165, 1.54) is 0 Å². The van der Waals surface area contributed by atoms with Crippen LogP contribution in [0.2, 0.25) is 5.02 Å². The number of nitrogens with one attached hydrogen (secondary N) is 1. The summed E-state index contributed by atoms with van der Waals surface area (Å²) in [6.45, 7) is 9.47. The Hall–Kier alpha value is -4.11. The molecule has 1 N–H and O–H groups in total. The summed E-state index contributed by atoms with van der Waals surface area (Å²) < 4.78 is 2.19. The molecule has 1 amide bonds. The molecule has 0 aliphatic carbocycles. The van der Waals surface area contributed by atoms with E-state index in [4.69, 9.17) is 16.4 Å². The Balaban J connectivity index is 1.47. The minimum absolute atomic E-state index is 0.0397. The molecule has 1 heterocycles. The van der Waals surface area contributed by atoms with Crippen LogP contribution in [0.15, 0.2) is 89.8 Å². The molecule has 238 valence electrons. The molecule has 7 nitrogen and oxygen atoms in total. The molecule has 46 heavy (non-hydrogen) atoms. The Morgan fingerprint density at radius 3 is 2.13 bits per heavy atom. The molecule has 0 saturated heterocycles. The lowest BCUT2D eigenvalue weighted by Gasteiger charge is -2.21. The average Bonchev–Trinajstić information content (AvgIpc) is 3.39. The molecular formula is C37H38ClN3O4S. The molecule has 0 aliphatic rings. The lowest BCUT2D eigenvalue weighted by molar-refractivity contribution is 0.0378. The smallest absolute Gasteiger partial charge is 0.353 e. The van der Waals surface area contributed by atoms with Crippen LogP contribution in [-0.4, -0.2) is 52.0 Å². The number of benzene rings is 4. The number of hydroxylamine groups is 1. The lowest BCUT2D eigenvalue weighted by Crippen LogP contribution is -2.42. The zero-order chi connectivity index (χ0) is 32.8. The summed E-state index contributed by atoms with van der Waals surface area (Å²) in [5, 5.41) is 2.45. The normalized spacial score (nSPS) is 11.9. The Labute approximate surface area is 278 Å². The number of carbonyl (C=O) groups is 3. The molecule has 0 radical (unpaired) electrons. The van der Waals surface area contributed by atoms with Gasteiger partial charge in [-0.15, -0.1) is 17.2 Å². The number of aryl methyl sites for hydroxylation is 2. The molecule has 1 atom stereocenters. The zero-order valence-corrected chi connectivity index (χ0v) is 28.1. The third kappa shape index (κ3) is 7.15. The van der Waals surface area contributed by atoms with Gasteiger partial charge in [0.05, 0.1) is 0 Å². The van der Waals surface area contributed by atoms with Gasteiger partial charge in [-0.3, -0.25) is 9.59 Å². The summed E-state index contributed by atoms with van der Waals surface area (Å²) in [6.07, 6.45) is -0.109. The number of aromatic nitrogens is 1. The molecule has 0 saturated carbocycles. The first kappa shape index (κ1) is 33.3. The second kappa shape index (κ2) is 15.0. The predicted octanol–water partition coefficient (Wildman–Crippen LogP) is 8.72. The van der Waals surface area contributed by atoms with Gasteiger partial charge in [-0.1, -0.05) is 35.9 Å². The van der Waals surface area contributed by atoms with E-state index in [2.05, 4.69) is 17.0 Å². The number of rotatable bonds is 13. The van der Waals surface area contributed by atoms with E-state index in [1.54, 1.807) is 16.7 Å². The molecule has 0 spiro atoms. The van der Waals surface area contributed by atoms with Crippen molar-refractivity contribution in [2.24, 2.45) is 0 Å². The van der Waals surface area contributed by atoms with Crippen molar-refractivity contribution in [1.82, 2.24) is 14.9 Å². The molecule has 5 rings (SSSR count). The molecule has 9 heteroatoms. The summed E-state index contributed by atoms with van der Waals surface area (Å²) >= 11 is 7.63. The fourth-order valence-corrected chi connectivity index (χ4v) is 6.70. The zero-order valence-electron chi connectivity index (χ0n) is 26.5. The summed E-state index contributed by atoms with van der Waals surface area (Å²) in [6, 6.07) is 25.8. The molecule has 5 aromatic rings. The number of ketones is 2. The molecule has 4 aromatic carbocycles. The van der Waals surface area contributed by atoms with Crippen LogP contribution in [0, 0.1) is 6.92 Å². The molecule has 0 bridgehead atoms. The SMILES string of the molecule is CCN(CC)C(=O)ONC(CCSc1ccc(Cl)cc1)C(=O)c1ccc2c(c1)c1cc(C(=O)c3ccccc3C)ccc1n2CC. The number of thioether (sulfide) groups is 1. The number of nitrogens with zero attached hydrogens (tertiary/aromatic N) is 2. The van der Waals surface area contributed by atoms with Crippen molar-refractivity contribution in [3.05, 3.63) is 112 Å². The van der Waals surface area contributed by atoms with Gasteiger partial charge in [-0.2, -0.15) is 0 Å². The third-order valence-corrected chi connectivity index (χ3v) is 9.53. The highest BCUT2D eigenvalue weighted by Gasteiger charge is 2.24. The Kier molecular flexibility index (Phi) is 10.8. The summed E-state index contributed by atoms with van der Waals surface area (Å²) in [5.74, 6) is 0.382. The number of fused-ring (bicyclic) bond motifs is 3. The van der Waals surface area contributed by atoms with E-state index >= 15 is 0 Å². The van der Waals surface area contributed by atoms with Crippen LogP contribution in [0.1, 0.15) is 59.0 Å². The quantitative estimate of drug-likeness (QED) is 0.0776. The van der Waals surface area contributed by atoms with Crippen molar-refractivity contribution in [1.29, 1.82) is 0 Å². The van der Waals surface area contributed by atoms with Crippen LogP contribution in [0.25, 0.3) is 21.8 Å². The van der Waals surface area contributed by atoms with Crippen molar-refractivity contribution in [3.8, 4) is 0 Å². The maximum Gasteiger partial charge on any atom is 0.428 e. The van der Waals surface area contributed by atoms with Crippen molar-refractivity contribution in [2.45, 2.75) is 51.6 Å². The molecule has 1 aromatic heterocycles. The standard InChI is InChI=1S/C37H38ClN3O4S/c1-5-40(6-2)37(44)45-39-32(20-21-46-28-16-14-27(38)15-17-28)36(43)26-13-19-34-31(23-26)30-22-25(12-18-33(30)41(34)7-3)35(42)29-11-9-8-10-24(29)4/h8-19,22-23,32,39H,5-7,20-21H2,1-4H3. The second-order valence-electron chi connectivity index (χ2n) is 11.0. The number of halogens is 1. The van der Waals surface area contributed by atoms with Crippen LogP contribution < -0.4 is 5.48 Å². The maximum atomic E-state index is 14.1. The number of amides is 1. The summed E-state index contributed by atoms with van der Waals surface area (Å²) in [4.78, 5) is 48.2. The van der Waals surface area contributed by atoms with Gasteiger partial charge in [0.25, 0.3) is 0 Å². The molecular weight excluding hydrogens is 618 g/mol. The number of Topliss-reactive ketones (excluding diaryl/α,β-unsaturated/α-hetero) is 1.